The van der Waals surface area contributed by atoms with Crippen molar-refractivity contribution in [1.82, 2.24) is 15.8 Å². The van der Waals surface area contributed by atoms with E-state index < -0.39 is 17.9 Å². The Morgan fingerprint density at radius 2 is 1.62 bits per heavy atom. The number of anilines is 1. The Balaban J connectivity index is 1.37. The van der Waals surface area contributed by atoms with Crippen LogP contribution in [0.25, 0.3) is 27.8 Å². The van der Waals surface area contributed by atoms with Crippen LogP contribution < -0.4 is 16.1 Å². The van der Waals surface area contributed by atoms with Crippen LogP contribution in [0.3, 0.4) is 0 Å². The molecule has 0 spiro atoms. The first-order chi connectivity index (χ1) is 19.0. The minimum absolute atomic E-state index is 0.284. The van der Waals surface area contributed by atoms with E-state index in [1.165, 1.54) is 17.6 Å². The van der Waals surface area contributed by atoms with Gasteiger partial charge in [0, 0.05) is 40.8 Å². The summed E-state index contributed by atoms with van der Waals surface area (Å²) in [5.74, 6) is -1.40. The Morgan fingerprint density at radius 3 is 2.41 bits per heavy atom. The molecule has 0 saturated carbocycles. The summed E-state index contributed by atoms with van der Waals surface area (Å²) in [5.41, 5.74) is 5.05. The molecule has 0 aliphatic carbocycles. The fourth-order valence-electron chi connectivity index (χ4n) is 4.42. The van der Waals surface area contributed by atoms with Gasteiger partial charge in [0.05, 0.1) is 0 Å². The van der Waals surface area contributed by atoms with Crippen molar-refractivity contribution in [3.05, 3.63) is 120 Å². The number of hydrogen-bond donors (Lipinski definition) is 5. The van der Waals surface area contributed by atoms with Crippen molar-refractivity contribution < 1.29 is 19.6 Å². The first-order valence-corrected chi connectivity index (χ1v) is 12.4. The van der Waals surface area contributed by atoms with Gasteiger partial charge in [-0.2, -0.15) is 0 Å². The molecule has 1 atom stereocenters. The Labute approximate surface area is 224 Å². The average molecular weight is 519 g/mol. The molecule has 0 radical (unpaired) electrons. The highest BCUT2D eigenvalue weighted by molar-refractivity contribution is 6.02. The highest BCUT2D eigenvalue weighted by atomic mass is 16.5. The van der Waals surface area contributed by atoms with Crippen molar-refractivity contribution >= 4 is 51.2 Å². The summed E-state index contributed by atoms with van der Waals surface area (Å²) in [5, 5.41) is 17.5. The SMILES string of the molecule is O=C(/C=C/c1ccc(C(=O)NC(Cc2c[nH]c3ccccc23)C(=O)Nc2ccc3ccccc3c2)cc1)NO. The summed E-state index contributed by atoms with van der Waals surface area (Å²) in [4.78, 5) is 41.1. The maximum Gasteiger partial charge on any atom is 0.267 e. The van der Waals surface area contributed by atoms with E-state index >= 15 is 0 Å². The van der Waals surface area contributed by atoms with Crippen molar-refractivity contribution in [3.8, 4) is 0 Å². The van der Waals surface area contributed by atoms with Crippen molar-refractivity contribution in [2.75, 3.05) is 5.32 Å². The van der Waals surface area contributed by atoms with Crippen LogP contribution in [0.4, 0.5) is 5.69 Å². The second-order valence-electron chi connectivity index (χ2n) is 9.07. The quantitative estimate of drug-likeness (QED) is 0.115. The first kappa shape index (κ1) is 25.4. The largest absolute Gasteiger partial charge is 0.361 e. The summed E-state index contributed by atoms with van der Waals surface area (Å²) in [6.07, 6.45) is 4.82. The molecule has 1 heterocycles. The number of fused-ring (bicyclic) bond motifs is 2. The van der Waals surface area contributed by atoms with Gasteiger partial charge in [-0.3, -0.25) is 19.6 Å². The lowest BCUT2D eigenvalue weighted by Crippen LogP contribution is -2.45. The van der Waals surface area contributed by atoms with E-state index in [-0.39, 0.29) is 12.3 Å². The lowest BCUT2D eigenvalue weighted by Gasteiger charge is -2.19. The van der Waals surface area contributed by atoms with Crippen LogP contribution in [0, 0.1) is 0 Å². The van der Waals surface area contributed by atoms with Crippen LogP contribution in [0.5, 0.6) is 0 Å². The molecule has 1 aromatic heterocycles. The third-order valence-corrected chi connectivity index (χ3v) is 6.45. The Morgan fingerprint density at radius 1 is 0.872 bits per heavy atom. The number of amides is 3. The van der Waals surface area contributed by atoms with E-state index in [1.807, 2.05) is 72.9 Å². The van der Waals surface area contributed by atoms with Crippen molar-refractivity contribution in [1.29, 1.82) is 0 Å². The van der Waals surface area contributed by atoms with E-state index in [9.17, 15) is 14.4 Å². The predicted molar refractivity (Wildman–Crippen MR) is 151 cm³/mol. The molecule has 0 bridgehead atoms. The number of H-pyrrole nitrogens is 1. The van der Waals surface area contributed by atoms with Crippen LogP contribution in [0.1, 0.15) is 21.5 Å². The van der Waals surface area contributed by atoms with Gasteiger partial charge in [0.15, 0.2) is 0 Å². The Hall–Kier alpha value is -5.21. The molecule has 1 unspecified atom stereocenters. The van der Waals surface area contributed by atoms with Gasteiger partial charge in [-0.25, -0.2) is 5.48 Å². The van der Waals surface area contributed by atoms with Crippen LogP contribution in [-0.4, -0.2) is 34.0 Å². The summed E-state index contributed by atoms with van der Waals surface area (Å²) in [6, 6.07) is 27.1. The number of carbonyl (C=O) groups is 3. The number of carbonyl (C=O) groups excluding carboxylic acids is 3. The summed E-state index contributed by atoms with van der Waals surface area (Å²) >= 11 is 0. The molecule has 3 amide bonds. The molecule has 0 saturated heterocycles. The number of benzene rings is 4. The van der Waals surface area contributed by atoms with Gasteiger partial charge in [-0.15, -0.1) is 0 Å². The molecule has 0 aliphatic heterocycles. The first-order valence-electron chi connectivity index (χ1n) is 12.4. The van der Waals surface area contributed by atoms with Crippen LogP contribution in [0.2, 0.25) is 0 Å². The summed E-state index contributed by atoms with van der Waals surface area (Å²) < 4.78 is 0. The van der Waals surface area contributed by atoms with Gasteiger partial charge < -0.3 is 15.6 Å². The Kier molecular flexibility index (Phi) is 7.47. The monoisotopic (exact) mass is 518 g/mol. The van der Waals surface area contributed by atoms with E-state index in [4.69, 9.17) is 5.21 Å². The fraction of sp³-hybridized carbons (Fsp3) is 0.0645. The van der Waals surface area contributed by atoms with Crippen molar-refractivity contribution in [3.63, 3.8) is 0 Å². The number of rotatable bonds is 8. The zero-order chi connectivity index (χ0) is 27.2. The van der Waals surface area contributed by atoms with E-state index in [0.29, 0.717) is 16.8 Å². The molecule has 0 fully saturated rings. The zero-order valence-electron chi connectivity index (χ0n) is 20.8. The number of aromatic amines is 1. The van der Waals surface area contributed by atoms with Crippen molar-refractivity contribution in [2.45, 2.75) is 12.5 Å². The molecule has 5 rings (SSSR count). The number of nitrogens with one attached hydrogen (secondary N) is 4. The molecule has 39 heavy (non-hydrogen) atoms. The minimum atomic E-state index is -0.851. The maximum absolute atomic E-state index is 13.5. The van der Waals surface area contributed by atoms with Crippen molar-refractivity contribution in [2.24, 2.45) is 0 Å². The topological polar surface area (TPSA) is 123 Å². The van der Waals surface area contributed by atoms with E-state index in [2.05, 4.69) is 15.6 Å². The molecule has 8 heteroatoms. The number of hydroxylamine groups is 1. The molecule has 194 valence electrons. The van der Waals surface area contributed by atoms with Crippen LogP contribution in [0.15, 0.2) is 103 Å². The van der Waals surface area contributed by atoms with E-state index in [0.717, 1.165) is 27.2 Å². The lowest BCUT2D eigenvalue weighted by atomic mass is 10.0. The lowest BCUT2D eigenvalue weighted by molar-refractivity contribution is -0.124. The summed E-state index contributed by atoms with van der Waals surface area (Å²) in [7, 11) is 0. The second kappa shape index (κ2) is 11.5. The summed E-state index contributed by atoms with van der Waals surface area (Å²) in [6.45, 7) is 0. The Bertz CT molecular complexity index is 1690. The molecular weight excluding hydrogens is 492 g/mol. The predicted octanol–water partition coefficient (Wildman–Crippen LogP) is 4.82. The highest BCUT2D eigenvalue weighted by Gasteiger charge is 2.23. The van der Waals surface area contributed by atoms with E-state index in [1.54, 1.807) is 24.3 Å². The molecule has 5 N–H and O–H groups in total. The van der Waals surface area contributed by atoms with Gasteiger partial charge in [0.2, 0.25) is 5.91 Å². The van der Waals surface area contributed by atoms with Gasteiger partial charge in [0.1, 0.15) is 6.04 Å². The van der Waals surface area contributed by atoms with Gasteiger partial charge in [-0.1, -0.05) is 60.7 Å². The standard InChI is InChI=1S/C31H26N4O4/c36-29(35-39)16-11-20-9-12-22(13-10-20)30(37)34-28(18-24-19-32-27-8-4-3-7-26(24)27)31(38)33-25-15-14-21-5-1-2-6-23(21)17-25/h1-17,19,28,32,39H,18H2,(H,33,38)(H,34,37)(H,35,36)/b16-11+. The molecule has 0 aliphatic rings. The average Bonchev–Trinajstić information content (AvgIpc) is 3.38. The highest BCUT2D eigenvalue weighted by Crippen LogP contribution is 2.22. The number of hydrogen-bond acceptors (Lipinski definition) is 4. The normalized spacial score (nSPS) is 11.9. The van der Waals surface area contributed by atoms with Gasteiger partial charge >= 0.3 is 0 Å². The second-order valence-corrected chi connectivity index (χ2v) is 9.07. The third-order valence-electron chi connectivity index (χ3n) is 6.45. The fourth-order valence-corrected chi connectivity index (χ4v) is 4.42. The number of aromatic nitrogens is 1. The molecular formula is C31H26N4O4. The third kappa shape index (κ3) is 6.03. The molecule has 5 aromatic rings. The van der Waals surface area contributed by atoms with Crippen LogP contribution >= 0.6 is 0 Å². The van der Waals surface area contributed by atoms with Crippen LogP contribution in [-0.2, 0) is 16.0 Å². The van der Waals surface area contributed by atoms with Gasteiger partial charge in [-0.05, 0) is 58.3 Å². The van der Waals surface area contributed by atoms with Gasteiger partial charge in [0.25, 0.3) is 11.8 Å². The number of para-hydroxylation sites is 1. The molecule has 4 aromatic carbocycles. The zero-order valence-corrected chi connectivity index (χ0v) is 20.8. The smallest absolute Gasteiger partial charge is 0.267 e. The minimum Gasteiger partial charge on any atom is -0.361 e. The molecule has 8 nitrogen and oxygen atoms in total. The maximum atomic E-state index is 13.5.